The molecule has 0 aliphatic carbocycles. The molecule has 1 aromatic heterocycles. The number of aromatic nitrogens is 1. The largest absolute Gasteiger partial charge is 0.376 e. The van der Waals surface area contributed by atoms with Crippen molar-refractivity contribution in [2.24, 2.45) is 0 Å². The van der Waals surface area contributed by atoms with E-state index in [1.54, 1.807) is 6.08 Å². The highest BCUT2D eigenvalue weighted by Crippen LogP contribution is 2.23. The summed E-state index contributed by atoms with van der Waals surface area (Å²) in [4.78, 5) is 0. The van der Waals surface area contributed by atoms with Gasteiger partial charge in [-0.3, -0.25) is 0 Å². The summed E-state index contributed by atoms with van der Waals surface area (Å²) in [5.41, 5.74) is 0.765. The van der Waals surface area contributed by atoms with Gasteiger partial charge in [0.15, 0.2) is 0 Å². The number of nitrogens with zero attached hydrogens (tertiary/aromatic N) is 1. The van der Waals surface area contributed by atoms with Gasteiger partial charge in [-0.15, -0.1) is 6.58 Å². The number of hydrogen-bond donors (Lipinski definition) is 0. The fourth-order valence-corrected chi connectivity index (χ4v) is 1.15. The summed E-state index contributed by atoms with van der Waals surface area (Å²) < 4.78 is 10.6. The summed E-state index contributed by atoms with van der Waals surface area (Å²) in [6.45, 7) is 10.8. The Labute approximate surface area is 84.7 Å². The van der Waals surface area contributed by atoms with Crippen molar-refractivity contribution in [2.75, 3.05) is 13.2 Å². The molecule has 1 rings (SSSR count). The molecule has 0 radical (unpaired) electrons. The van der Waals surface area contributed by atoms with E-state index in [1.807, 2.05) is 13.0 Å². The summed E-state index contributed by atoms with van der Waals surface area (Å²) in [6.07, 6.45) is 1.74. The van der Waals surface area contributed by atoms with E-state index in [1.165, 1.54) is 0 Å². The average Bonchev–Trinajstić information content (AvgIpc) is 2.53. The van der Waals surface area contributed by atoms with Crippen molar-refractivity contribution in [1.29, 1.82) is 0 Å². The normalized spacial score (nSPS) is 11.6. The molecule has 3 heteroatoms. The Morgan fingerprint density at radius 3 is 2.86 bits per heavy atom. The highest BCUT2D eigenvalue weighted by Gasteiger charge is 2.25. The average molecular weight is 195 g/mol. The van der Waals surface area contributed by atoms with Crippen LogP contribution in [0.3, 0.4) is 0 Å². The molecular weight excluding hydrogens is 178 g/mol. The molecule has 14 heavy (non-hydrogen) atoms. The van der Waals surface area contributed by atoms with Crippen molar-refractivity contribution in [1.82, 2.24) is 5.16 Å². The van der Waals surface area contributed by atoms with E-state index >= 15 is 0 Å². The van der Waals surface area contributed by atoms with Crippen LogP contribution in [-0.2, 0) is 10.2 Å². The highest BCUT2D eigenvalue weighted by atomic mass is 16.5. The minimum absolute atomic E-state index is 0.135. The molecule has 0 saturated heterocycles. The van der Waals surface area contributed by atoms with Gasteiger partial charge in [-0.25, -0.2) is 0 Å². The van der Waals surface area contributed by atoms with Gasteiger partial charge in [0, 0.05) is 11.5 Å². The lowest BCUT2D eigenvalue weighted by Crippen LogP contribution is -2.23. The lowest BCUT2D eigenvalue weighted by molar-refractivity contribution is 0.104. The Morgan fingerprint density at radius 2 is 2.36 bits per heavy atom. The molecule has 0 fully saturated rings. The Kier molecular flexibility index (Phi) is 3.47. The molecule has 0 aliphatic rings. The van der Waals surface area contributed by atoms with Crippen molar-refractivity contribution in [2.45, 2.75) is 26.2 Å². The molecule has 0 aromatic carbocycles. The van der Waals surface area contributed by atoms with Gasteiger partial charge in [0.1, 0.15) is 5.76 Å². The zero-order valence-corrected chi connectivity index (χ0v) is 9.04. The Bertz CT molecular complexity index is 302. The standard InChI is InChI=1S/C11H17NO2/c1-5-6-13-8-11(3,4)10-7-9(2)12-14-10/h5,7H,1,6,8H2,2-4H3. The molecule has 1 heterocycles. The fourth-order valence-electron chi connectivity index (χ4n) is 1.15. The molecule has 78 valence electrons. The number of hydrogen-bond acceptors (Lipinski definition) is 3. The van der Waals surface area contributed by atoms with Crippen molar-refractivity contribution in [3.8, 4) is 0 Å². The molecule has 0 aliphatic heterocycles. The summed E-state index contributed by atoms with van der Waals surface area (Å²) >= 11 is 0. The first-order valence-corrected chi connectivity index (χ1v) is 4.69. The second-order valence-corrected chi connectivity index (χ2v) is 4.02. The third-order valence-electron chi connectivity index (χ3n) is 1.99. The van der Waals surface area contributed by atoms with Crippen molar-refractivity contribution < 1.29 is 9.26 Å². The maximum Gasteiger partial charge on any atom is 0.144 e. The third kappa shape index (κ3) is 2.70. The van der Waals surface area contributed by atoms with E-state index in [9.17, 15) is 0 Å². The van der Waals surface area contributed by atoms with Crippen LogP contribution < -0.4 is 0 Å². The molecule has 1 aromatic rings. The summed E-state index contributed by atoms with van der Waals surface area (Å²) in [7, 11) is 0. The first-order valence-electron chi connectivity index (χ1n) is 4.69. The third-order valence-corrected chi connectivity index (χ3v) is 1.99. The predicted octanol–water partition coefficient (Wildman–Crippen LogP) is 2.46. The molecule has 0 atom stereocenters. The zero-order chi connectivity index (χ0) is 10.6. The molecule has 0 saturated carbocycles. The zero-order valence-electron chi connectivity index (χ0n) is 9.04. The monoisotopic (exact) mass is 195 g/mol. The van der Waals surface area contributed by atoms with E-state index in [0.29, 0.717) is 13.2 Å². The Morgan fingerprint density at radius 1 is 1.64 bits per heavy atom. The summed E-state index contributed by atoms with van der Waals surface area (Å²) in [6, 6.07) is 1.94. The Balaban J connectivity index is 2.60. The van der Waals surface area contributed by atoms with Crippen molar-refractivity contribution >= 4 is 0 Å². The quantitative estimate of drug-likeness (QED) is 0.534. The molecular formula is C11H17NO2. The number of ether oxygens (including phenoxy) is 1. The van der Waals surface area contributed by atoms with Crippen LogP contribution in [0, 0.1) is 6.92 Å². The topological polar surface area (TPSA) is 35.3 Å². The smallest absolute Gasteiger partial charge is 0.144 e. The van der Waals surface area contributed by atoms with Gasteiger partial charge in [-0.2, -0.15) is 0 Å². The van der Waals surface area contributed by atoms with Gasteiger partial charge in [0.25, 0.3) is 0 Å². The minimum Gasteiger partial charge on any atom is -0.376 e. The van der Waals surface area contributed by atoms with Crippen LogP contribution in [0.5, 0.6) is 0 Å². The van der Waals surface area contributed by atoms with Gasteiger partial charge in [0.05, 0.1) is 18.9 Å². The van der Waals surface area contributed by atoms with Gasteiger partial charge >= 0.3 is 0 Å². The second-order valence-electron chi connectivity index (χ2n) is 4.02. The lowest BCUT2D eigenvalue weighted by Gasteiger charge is -2.20. The van der Waals surface area contributed by atoms with Gasteiger partial charge in [-0.1, -0.05) is 25.1 Å². The maximum absolute atomic E-state index is 5.41. The molecule has 3 nitrogen and oxygen atoms in total. The minimum atomic E-state index is -0.135. The predicted molar refractivity (Wildman–Crippen MR) is 55.3 cm³/mol. The molecule has 0 spiro atoms. The summed E-state index contributed by atoms with van der Waals surface area (Å²) in [5.74, 6) is 0.860. The van der Waals surface area contributed by atoms with Gasteiger partial charge in [0.2, 0.25) is 0 Å². The molecule has 0 amide bonds. The van der Waals surface area contributed by atoms with Crippen LogP contribution in [0.4, 0.5) is 0 Å². The van der Waals surface area contributed by atoms with Gasteiger partial charge < -0.3 is 9.26 Å². The molecule has 0 N–H and O–H groups in total. The van der Waals surface area contributed by atoms with Crippen LogP contribution in [0.2, 0.25) is 0 Å². The van der Waals surface area contributed by atoms with Crippen LogP contribution in [0.15, 0.2) is 23.2 Å². The van der Waals surface area contributed by atoms with Crippen LogP contribution in [0.25, 0.3) is 0 Å². The molecule has 0 bridgehead atoms. The number of rotatable bonds is 5. The van der Waals surface area contributed by atoms with Gasteiger partial charge in [-0.05, 0) is 6.92 Å². The van der Waals surface area contributed by atoms with Crippen molar-refractivity contribution in [3.63, 3.8) is 0 Å². The summed E-state index contributed by atoms with van der Waals surface area (Å²) in [5, 5.41) is 3.86. The molecule has 0 unspecified atom stereocenters. The second kappa shape index (κ2) is 4.42. The van der Waals surface area contributed by atoms with Crippen LogP contribution >= 0.6 is 0 Å². The Hall–Kier alpha value is -1.09. The fraction of sp³-hybridized carbons (Fsp3) is 0.545. The number of aryl methyl sites for hydroxylation is 1. The van der Waals surface area contributed by atoms with E-state index in [0.717, 1.165) is 11.5 Å². The van der Waals surface area contributed by atoms with E-state index in [4.69, 9.17) is 9.26 Å². The van der Waals surface area contributed by atoms with E-state index in [-0.39, 0.29) is 5.41 Å². The first kappa shape index (κ1) is 11.0. The maximum atomic E-state index is 5.41. The lowest BCUT2D eigenvalue weighted by atomic mass is 9.91. The van der Waals surface area contributed by atoms with E-state index in [2.05, 4.69) is 25.6 Å². The van der Waals surface area contributed by atoms with Crippen molar-refractivity contribution in [3.05, 3.63) is 30.2 Å². The van der Waals surface area contributed by atoms with Crippen LogP contribution in [-0.4, -0.2) is 18.4 Å². The highest BCUT2D eigenvalue weighted by molar-refractivity contribution is 5.13. The first-order chi connectivity index (χ1) is 6.56. The van der Waals surface area contributed by atoms with E-state index < -0.39 is 0 Å². The van der Waals surface area contributed by atoms with Crippen LogP contribution in [0.1, 0.15) is 25.3 Å². The SMILES string of the molecule is C=CCOCC(C)(C)c1cc(C)no1.